The first kappa shape index (κ1) is 19.4. The number of aryl methyl sites for hydroxylation is 2. The molecule has 0 radical (unpaired) electrons. The Kier molecular flexibility index (Phi) is 5.30. The number of aromatic nitrogens is 4. The number of nitrogens with zero attached hydrogens (tertiary/aromatic N) is 4. The summed E-state index contributed by atoms with van der Waals surface area (Å²) in [5.41, 5.74) is 4.39. The summed E-state index contributed by atoms with van der Waals surface area (Å²) >= 11 is 0. The van der Waals surface area contributed by atoms with Gasteiger partial charge in [-0.25, -0.2) is 9.97 Å². The molecule has 0 saturated carbocycles. The number of carbonyl (C=O) groups excluding carboxylic acids is 1. The summed E-state index contributed by atoms with van der Waals surface area (Å²) in [7, 11) is 0. The lowest BCUT2D eigenvalue weighted by Crippen LogP contribution is -2.15. The maximum Gasteiger partial charge on any atom is 0.274 e. The Hall–Kier alpha value is -3.94. The second kappa shape index (κ2) is 8.20. The minimum Gasteiger partial charge on any atom is -0.354 e. The Morgan fingerprint density at radius 1 is 1.00 bits per heavy atom. The van der Waals surface area contributed by atoms with Gasteiger partial charge in [0, 0.05) is 35.9 Å². The first-order chi connectivity index (χ1) is 14.5. The first-order valence-electron chi connectivity index (χ1n) is 9.75. The summed E-state index contributed by atoms with van der Waals surface area (Å²) in [6, 6.07) is 15.0. The van der Waals surface area contributed by atoms with E-state index in [4.69, 9.17) is 0 Å². The lowest BCUT2D eigenvalue weighted by atomic mass is 10.2. The van der Waals surface area contributed by atoms with Gasteiger partial charge in [-0.1, -0.05) is 6.07 Å². The van der Waals surface area contributed by atoms with Gasteiger partial charge in [0.2, 0.25) is 5.95 Å². The zero-order valence-corrected chi connectivity index (χ0v) is 17.1. The standard InChI is InChI=1S/C22H23N7O/c1-4-23-22-24-14(2)13-18(28-22)26-16-8-10-17(11-9-16)27-21(30)20-15(3)25-19-7-5-6-12-29(19)20/h5-13H,4H2,1-3H3,(H,27,30)(H2,23,24,26,28). The number of amides is 1. The molecule has 30 heavy (non-hydrogen) atoms. The molecule has 0 aliphatic rings. The van der Waals surface area contributed by atoms with Crippen molar-refractivity contribution in [1.29, 1.82) is 0 Å². The van der Waals surface area contributed by atoms with Gasteiger partial charge >= 0.3 is 0 Å². The third kappa shape index (κ3) is 4.07. The number of nitrogens with one attached hydrogen (secondary N) is 3. The molecule has 3 N–H and O–H groups in total. The maximum absolute atomic E-state index is 12.8. The molecular weight excluding hydrogens is 378 g/mol. The average molecular weight is 401 g/mol. The second-order valence-electron chi connectivity index (χ2n) is 6.88. The fourth-order valence-electron chi connectivity index (χ4n) is 3.23. The third-order valence-electron chi connectivity index (χ3n) is 4.52. The van der Waals surface area contributed by atoms with Crippen molar-refractivity contribution in [2.45, 2.75) is 20.8 Å². The van der Waals surface area contributed by atoms with Crippen molar-refractivity contribution in [1.82, 2.24) is 19.4 Å². The van der Waals surface area contributed by atoms with Gasteiger partial charge in [-0.3, -0.25) is 9.20 Å². The molecule has 4 rings (SSSR count). The highest BCUT2D eigenvalue weighted by Crippen LogP contribution is 2.20. The summed E-state index contributed by atoms with van der Waals surface area (Å²) in [5, 5.41) is 9.33. The highest BCUT2D eigenvalue weighted by molar-refractivity contribution is 6.04. The summed E-state index contributed by atoms with van der Waals surface area (Å²) in [4.78, 5) is 26.0. The fourth-order valence-corrected chi connectivity index (χ4v) is 3.23. The summed E-state index contributed by atoms with van der Waals surface area (Å²) in [6.45, 7) is 6.51. The van der Waals surface area contributed by atoms with Gasteiger partial charge in [0.05, 0.1) is 5.69 Å². The van der Waals surface area contributed by atoms with E-state index in [0.29, 0.717) is 28.8 Å². The Morgan fingerprint density at radius 2 is 1.77 bits per heavy atom. The number of hydrogen-bond acceptors (Lipinski definition) is 6. The largest absolute Gasteiger partial charge is 0.354 e. The SMILES string of the molecule is CCNc1nc(C)cc(Nc2ccc(NC(=O)c3c(C)nc4ccccn34)cc2)n1. The molecule has 0 aliphatic heterocycles. The molecule has 4 aromatic rings. The van der Waals surface area contributed by atoms with E-state index in [1.807, 2.05) is 75.5 Å². The Bertz CT molecular complexity index is 1200. The minimum absolute atomic E-state index is 0.200. The summed E-state index contributed by atoms with van der Waals surface area (Å²) in [5.74, 6) is 1.09. The van der Waals surface area contributed by atoms with E-state index in [0.717, 1.165) is 23.6 Å². The van der Waals surface area contributed by atoms with Gasteiger partial charge in [0.1, 0.15) is 17.2 Å². The van der Waals surface area contributed by atoms with Crippen LogP contribution in [0, 0.1) is 13.8 Å². The third-order valence-corrected chi connectivity index (χ3v) is 4.52. The molecule has 3 aromatic heterocycles. The molecule has 1 amide bonds. The second-order valence-corrected chi connectivity index (χ2v) is 6.88. The highest BCUT2D eigenvalue weighted by atomic mass is 16.2. The number of carbonyl (C=O) groups is 1. The normalized spacial score (nSPS) is 10.8. The molecule has 0 fully saturated rings. The number of rotatable bonds is 6. The first-order valence-corrected chi connectivity index (χ1v) is 9.75. The fraction of sp³-hybridized carbons (Fsp3) is 0.182. The van der Waals surface area contributed by atoms with E-state index < -0.39 is 0 Å². The van der Waals surface area contributed by atoms with Gasteiger partial charge in [0.25, 0.3) is 5.91 Å². The zero-order chi connectivity index (χ0) is 21.1. The molecule has 3 heterocycles. The van der Waals surface area contributed by atoms with Crippen LogP contribution in [0.5, 0.6) is 0 Å². The lowest BCUT2D eigenvalue weighted by molar-refractivity contribution is 0.102. The molecule has 0 unspecified atom stereocenters. The molecule has 8 nitrogen and oxygen atoms in total. The molecule has 0 aliphatic carbocycles. The van der Waals surface area contributed by atoms with Crippen LogP contribution in [-0.4, -0.2) is 31.8 Å². The van der Waals surface area contributed by atoms with Crippen molar-refractivity contribution in [2.75, 3.05) is 22.5 Å². The van der Waals surface area contributed by atoms with E-state index in [1.165, 1.54) is 0 Å². The van der Waals surface area contributed by atoms with Crippen molar-refractivity contribution in [2.24, 2.45) is 0 Å². The van der Waals surface area contributed by atoms with E-state index in [1.54, 1.807) is 4.40 Å². The smallest absolute Gasteiger partial charge is 0.274 e. The maximum atomic E-state index is 12.8. The molecule has 0 saturated heterocycles. The summed E-state index contributed by atoms with van der Waals surface area (Å²) in [6.07, 6.45) is 1.84. The van der Waals surface area contributed by atoms with Gasteiger partial charge in [-0.05, 0) is 57.2 Å². The number of fused-ring (bicyclic) bond motifs is 1. The number of pyridine rings is 1. The molecule has 0 bridgehead atoms. The van der Waals surface area contributed by atoms with Gasteiger partial charge in [-0.15, -0.1) is 0 Å². The number of imidazole rings is 1. The topological polar surface area (TPSA) is 96.2 Å². The van der Waals surface area contributed by atoms with Crippen LogP contribution in [0.4, 0.5) is 23.1 Å². The number of hydrogen-bond donors (Lipinski definition) is 3. The molecule has 8 heteroatoms. The van der Waals surface area contributed by atoms with Crippen molar-refractivity contribution >= 4 is 34.7 Å². The Morgan fingerprint density at radius 3 is 2.53 bits per heavy atom. The van der Waals surface area contributed by atoms with Crippen LogP contribution in [0.15, 0.2) is 54.7 Å². The lowest BCUT2D eigenvalue weighted by Gasteiger charge is -2.10. The van der Waals surface area contributed by atoms with Gasteiger partial charge in [0.15, 0.2) is 0 Å². The quantitative estimate of drug-likeness (QED) is 0.449. The Labute approximate surface area is 174 Å². The van der Waals surface area contributed by atoms with Gasteiger partial charge in [-0.2, -0.15) is 4.98 Å². The molecule has 0 spiro atoms. The van der Waals surface area contributed by atoms with E-state index in [2.05, 4.69) is 30.9 Å². The highest BCUT2D eigenvalue weighted by Gasteiger charge is 2.16. The number of anilines is 4. The van der Waals surface area contributed by atoms with Crippen molar-refractivity contribution in [3.8, 4) is 0 Å². The zero-order valence-electron chi connectivity index (χ0n) is 17.1. The molecule has 152 valence electrons. The monoisotopic (exact) mass is 401 g/mol. The average Bonchev–Trinajstić information content (AvgIpc) is 3.05. The van der Waals surface area contributed by atoms with Crippen LogP contribution >= 0.6 is 0 Å². The van der Waals surface area contributed by atoms with Crippen LogP contribution in [-0.2, 0) is 0 Å². The van der Waals surface area contributed by atoms with Crippen molar-refractivity contribution in [3.63, 3.8) is 0 Å². The van der Waals surface area contributed by atoms with Crippen LogP contribution in [0.25, 0.3) is 5.65 Å². The predicted molar refractivity (Wildman–Crippen MR) is 119 cm³/mol. The Balaban J connectivity index is 1.49. The van der Waals surface area contributed by atoms with Crippen LogP contribution in [0.1, 0.15) is 28.8 Å². The van der Waals surface area contributed by atoms with Crippen molar-refractivity contribution < 1.29 is 4.79 Å². The van der Waals surface area contributed by atoms with Crippen LogP contribution in [0.2, 0.25) is 0 Å². The summed E-state index contributed by atoms with van der Waals surface area (Å²) < 4.78 is 1.79. The van der Waals surface area contributed by atoms with Crippen molar-refractivity contribution in [3.05, 3.63) is 71.8 Å². The van der Waals surface area contributed by atoms with Gasteiger partial charge < -0.3 is 16.0 Å². The van der Waals surface area contributed by atoms with E-state index in [9.17, 15) is 4.79 Å². The predicted octanol–water partition coefficient (Wildman–Crippen LogP) is 4.17. The van der Waals surface area contributed by atoms with E-state index in [-0.39, 0.29) is 5.91 Å². The molecular formula is C22H23N7O. The van der Waals surface area contributed by atoms with Crippen LogP contribution < -0.4 is 16.0 Å². The number of benzene rings is 1. The minimum atomic E-state index is -0.200. The van der Waals surface area contributed by atoms with Crippen LogP contribution in [0.3, 0.4) is 0 Å². The molecule has 0 atom stereocenters. The van der Waals surface area contributed by atoms with E-state index >= 15 is 0 Å². The molecule has 1 aromatic carbocycles.